The minimum absolute atomic E-state index is 0.106. The Labute approximate surface area is 161 Å². The van der Waals surface area contributed by atoms with Crippen LogP contribution in [0.3, 0.4) is 0 Å². The van der Waals surface area contributed by atoms with Crippen LogP contribution in [0.4, 0.5) is 4.39 Å². The average Bonchev–Trinajstić information content (AvgIpc) is 2.59. The number of halogens is 2. The molecule has 2 aromatic rings. The van der Waals surface area contributed by atoms with Crippen molar-refractivity contribution in [1.82, 2.24) is 10.6 Å². The van der Waals surface area contributed by atoms with Crippen LogP contribution >= 0.6 is 15.9 Å². The Balaban J connectivity index is 2.08. The van der Waals surface area contributed by atoms with Gasteiger partial charge in [0.25, 0.3) is 5.91 Å². The predicted molar refractivity (Wildman–Crippen MR) is 103 cm³/mol. The molecule has 2 aromatic carbocycles. The van der Waals surface area contributed by atoms with Crippen LogP contribution in [0.1, 0.15) is 42.7 Å². The molecule has 0 spiro atoms. The molecule has 0 aromatic heterocycles. The van der Waals surface area contributed by atoms with Crippen molar-refractivity contribution in [3.05, 3.63) is 69.9 Å². The summed E-state index contributed by atoms with van der Waals surface area (Å²) >= 11 is 3.48. The van der Waals surface area contributed by atoms with Gasteiger partial charge in [-0.15, -0.1) is 0 Å². The lowest BCUT2D eigenvalue weighted by molar-refractivity contribution is -0.124. The van der Waals surface area contributed by atoms with Gasteiger partial charge in [0.05, 0.1) is 6.04 Å². The van der Waals surface area contributed by atoms with E-state index in [1.807, 2.05) is 45.0 Å². The maximum absolute atomic E-state index is 13.0. The molecular weight excluding hydrogens is 399 g/mol. The van der Waals surface area contributed by atoms with Gasteiger partial charge in [0, 0.05) is 10.0 Å². The van der Waals surface area contributed by atoms with E-state index in [1.165, 1.54) is 24.3 Å². The van der Waals surface area contributed by atoms with Crippen LogP contribution in [0.25, 0.3) is 0 Å². The van der Waals surface area contributed by atoms with Gasteiger partial charge >= 0.3 is 0 Å². The first-order valence-corrected chi connectivity index (χ1v) is 9.20. The smallest absolute Gasteiger partial charge is 0.251 e. The lowest BCUT2D eigenvalue weighted by Gasteiger charge is -2.24. The van der Waals surface area contributed by atoms with E-state index in [1.54, 1.807) is 0 Å². The van der Waals surface area contributed by atoms with Gasteiger partial charge in [-0.1, -0.05) is 48.0 Å². The molecule has 6 heteroatoms. The molecule has 0 saturated heterocycles. The molecule has 2 N–H and O–H groups in total. The first-order valence-electron chi connectivity index (χ1n) is 8.41. The number of benzene rings is 2. The largest absolute Gasteiger partial charge is 0.348 e. The fourth-order valence-electron chi connectivity index (χ4n) is 2.57. The molecule has 2 amide bonds. The summed E-state index contributed by atoms with van der Waals surface area (Å²) in [5, 5.41) is 5.68. The molecule has 2 atom stereocenters. The van der Waals surface area contributed by atoms with Gasteiger partial charge in [-0.25, -0.2) is 4.39 Å². The Bertz CT molecular complexity index is 778. The lowest BCUT2D eigenvalue weighted by atomic mass is 10.0. The van der Waals surface area contributed by atoms with Gasteiger partial charge in [-0.05, 0) is 48.7 Å². The monoisotopic (exact) mass is 420 g/mol. The van der Waals surface area contributed by atoms with E-state index in [4.69, 9.17) is 0 Å². The molecule has 0 aliphatic rings. The summed E-state index contributed by atoms with van der Waals surface area (Å²) in [6.45, 7) is 5.60. The van der Waals surface area contributed by atoms with E-state index in [2.05, 4.69) is 26.6 Å². The van der Waals surface area contributed by atoms with Gasteiger partial charge in [0.2, 0.25) is 5.91 Å². The molecule has 0 aliphatic carbocycles. The van der Waals surface area contributed by atoms with Crippen molar-refractivity contribution in [2.75, 3.05) is 0 Å². The fourth-order valence-corrected chi connectivity index (χ4v) is 3.20. The van der Waals surface area contributed by atoms with Crippen molar-refractivity contribution in [3.8, 4) is 0 Å². The SMILES string of the molecule is CC(NC(=O)C(NC(=O)c1ccc(F)cc1)C(C)C)c1ccccc1Br. The second-order valence-corrected chi connectivity index (χ2v) is 7.31. The van der Waals surface area contributed by atoms with Crippen LogP contribution in [0.2, 0.25) is 0 Å². The maximum Gasteiger partial charge on any atom is 0.251 e. The molecule has 26 heavy (non-hydrogen) atoms. The fraction of sp³-hybridized carbons (Fsp3) is 0.300. The second kappa shape index (κ2) is 8.94. The van der Waals surface area contributed by atoms with Crippen LogP contribution in [0.5, 0.6) is 0 Å². The van der Waals surface area contributed by atoms with Gasteiger partial charge in [-0.2, -0.15) is 0 Å². The van der Waals surface area contributed by atoms with E-state index < -0.39 is 17.8 Å². The summed E-state index contributed by atoms with van der Waals surface area (Å²) in [6.07, 6.45) is 0. The van der Waals surface area contributed by atoms with E-state index in [0.717, 1.165) is 10.0 Å². The minimum atomic E-state index is -0.697. The molecule has 4 nitrogen and oxygen atoms in total. The molecule has 2 rings (SSSR count). The molecule has 138 valence electrons. The Hall–Kier alpha value is -2.21. The average molecular weight is 421 g/mol. The minimum Gasteiger partial charge on any atom is -0.348 e. The van der Waals surface area contributed by atoms with Crippen LogP contribution in [-0.4, -0.2) is 17.9 Å². The molecule has 0 radical (unpaired) electrons. The molecular formula is C20H22BrFN2O2. The summed E-state index contributed by atoms with van der Waals surface area (Å²) < 4.78 is 13.9. The third-order valence-electron chi connectivity index (χ3n) is 4.07. The number of rotatable bonds is 6. The van der Waals surface area contributed by atoms with Crippen LogP contribution < -0.4 is 10.6 Å². The number of carbonyl (C=O) groups excluding carboxylic acids is 2. The van der Waals surface area contributed by atoms with Gasteiger partial charge in [0.1, 0.15) is 11.9 Å². The van der Waals surface area contributed by atoms with Crippen LogP contribution in [0.15, 0.2) is 53.0 Å². The van der Waals surface area contributed by atoms with Crippen molar-refractivity contribution in [3.63, 3.8) is 0 Å². The standard InChI is InChI=1S/C20H22BrFN2O2/c1-12(2)18(24-19(25)14-8-10-15(22)11-9-14)20(26)23-13(3)16-6-4-5-7-17(16)21/h4-13,18H,1-3H3,(H,23,26)(H,24,25). The third-order valence-corrected chi connectivity index (χ3v) is 4.79. The zero-order valence-electron chi connectivity index (χ0n) is 14.9. The molecule has 0 aliphatic heterocycles. The lowest BCUT2D eigenvalue weighted by Crippen LogP contribution is -2.50. The Morgan fingerprint density at radius 3 is 2.15 bits per heavy atom. The van der Waals surface area contributed by atoms with E-state index in [9.17, 15) is 14.0 Å². The number of nitrogens with one attached hydrogen (secondary N) is 2. The molecule has 0 fully saturated rings. The second-order valence-electron chi connectivity index (χ2n) is 6.45. The van der Waals surface area contributed by atoms with Gasteiger partial charge < -0.3 is 10.6 Å². The van der Waals surface area contributed by atoms with Crippen LogP contribution in [-0.2, 0) is 4.79 Å². The van der Waals surface area contributed by atoms with E-state index >= 15 is 0 Å². The topological polar surface area (TPSA) is 58.2 Å². The molecule has 0 bridgehead atoms. The van der Waals surface area contributed by atoms with Crippen molar-refractivity contribution >= 4 is 27.7 Å². The summed E-state index contributed by atoms with van der Waals surface area (Å²) in [7, 11) is 0. The first kappa shape index (κ1) is 20.1. The van der Waals surface area contributed by atoms with Gasteiger partial charge in [0.15, 0.2) is 0 Å². The highest BCUT2D eigenvalue weighted by Gasteiger charge is 2.26. The summed E-state index contributed by atoms with van der Waals surface area (Å²) in [4.78, 5) is 25.1. The van der Waals surface area contributed by atoms with Crippen molar-refractivity contribution < 1.29 is 14.0 Å². The zero-order chi connectivity index (χ0) is 19.3. The van der Waals surface area contributed by atoms with Crippen molar-refractivity contribution in [2.24, 2.45) is 5.92 Å². The quantitative estimate of drug-likeness (QED) is 0.734. The Morgan fingerprint density at radius 1 is 0.962 bits per heavy atom. The Kier molecular flexibility index (Phi) is 6.91. The maximum atomic E-state index is 13.0. The highest BCUT2D eigenvalue weighted by atomic mass is 79.9. The Morgan fingerprint density at radius 2 is 1.58 bits per heavy atom. The first-order chi connectivity index (χ1) is 12.3. The van der Waals surface area contributed by atoms with Crippen LogP contribution in [0, 0.1) is 11.7 Å². The molecule has 0 heterocycles. The number of carbonyl (C=O) groups is 2. The summed E-state index contributed by atoms with van der Waals surface area (Å²) in [5.41, 5.74) is 1.26. The molecule has 2 unspecified atom stereocenters. The molecule has 0 saturated carbocycles. The highest BCUT2D eigenvalue weighted by molar-refractivity contribution is 9.10. The van der Waals surface area contributed by atoms with E-state index in [0.29, 0.717) is 5.56 Å². The number of hydrogen-bond donors (Lipinski definition) is 2. The number of hydrogen-bond acceptors (Lipinski definition) is 2. The highest BCUT2D eigenvalue weighted by Crippen LogP contribution is 2.23. The van der Waals surface area contributed by atoms with Crippen molar-refractivity contribution in [1.29, 1.82) is 0 Å². The zero-order valence-corrected chi connectivity index (χ0v) is 16.5. The van der Waals surface area contributed by atoms with E-state index in [-0.39, 0.29) is 17.9 Å². The van der Waals surface area contributed by atoms with Crippen molar-refractivity contribution in [2.45, 2.75) is 32.9 Å². The summed E-state index contributed by atoms with van der Waals surface area (Å²) in [6, 6.07) is 11.9. The normalized spacial score (nSPS) is 13.2. The predicted octanol–water partition coefficient (Wildman–Crippen LogP) is 4.22. The number of amides is 2. The third kappa shape index (κ3) is 5.14. The van der Waals surface area contributed by atoms with Gasteiger partial charge in [-0.3, -0.25) is 9.59 Å². The summed E-state index contributed by atoms with van der Waals surface area (Å²) in [5.74, 6) is -1.20.